The van der Waals surface area contributed by atoms with Gasteiger partial charge in [-0.2, -0.15) is 18.2 Å². The Morgan fingerprint density at radius 2 is 1.94 bits per heavy atom. The van der Waals surface area contributed by atoms with Crippen molar-refractivity contribution in [2.24, 2.45) is 0 Å². The van der Waals surface area contributed by atoms with Gasteiger partial charge in [-0.25, -0.2) is 4.98 Å². The molecule has 7 nitrogen and oxygen atoms in total. The summed E-state index contributed by atoms with van der Waals surface area (Å²) in [6.45, 7) is 1.55. The van der Waals surface area contributed by atoms with Crippen molar-refractivity contribution >= 4 is 28.8 Å². The predicted octanol–water partition coefficient (Wildman–Crippen LogP) is 5.14. The summed E-state index contributed by atoms with van der Waals surface area (Å²) >= 11 is 12.2. The number of aromatic nitrogens is 4. The summed E-state index contributed by atoms with van der Waals surface area (Å²) in [5, 5.41) is 13.0. The van der Waals surface area contributed by atoms with Gasteiger partial charge in [0.2, 0.25) is 5.82 Å². The summed E-state index contributed by atoms with van der Waals surface area (Å²) in [6, 6.07) is 5.59. The van der Waals surface area contributed by atoms with Crippen molar-refractivity contribution in [1.29, 1.82) is 0 Å². The number of ether oxygens (including phenoxy) is 1. The van der Waals surface area contributed by atoms with Crippen LogP contribution in [0.4, 0.5) is 13.2 Å². The Labute approximate surface area is 183 Å². The second-order valence-electron chi connectivity index (χ2n) is 6.61. The highest BCUT2D eigenvalue weighted by Gasteiger charge is 2.32. The average molecular weight is 473 g/mol. The molecular weight excluding hydrogens is 460 g/mol. The monoisotopic (exact) mass is 472 g/mol. The fourth-order valence-corrected chi connectivity index (χ4v) is 3.28. The van der Waals surface area contributed by atoms with Crippen molar-refractivity contribution in [3.63, 3.8) is 0 Å². The molecule has 0 bridgehead atoms. The molecule has 0 saturated carbocycles. The third kappa shape index (κ3) is 4.32. The van der Waals surface area contributed by atoms with Crippen LogP contribution in [0.5, 0.6) is 5.75 Å². The third-order valence-corrected chi connectivity index (χ3v) is 4.85. The van der Waals surface area contributed by atoms with E-state index in [1.165, 1.54) is 6.20 Å². The van der Waals surface area contributed by atoms with E-state index < -0.39 is 17.8 Å². The summed E-state index contributed by atoms with van der Waals surface area (Å²) < 4.78 is 50.9. The zero-order valence-electron chi connectivity index (χ0n) is 15.7. The summed E-state index contributed by atoms with van der Waals surface area (Å²) in [4.78, 5) is 8.41. The molecular formula is C19H13Cl2F3N4O3. The molecule has 3 heterocycles. The van der Waals surface area contributed by atoms with Crippen LogP contribution < -0.4 is 4.74 Å². The van der Waals surface area contributed by atoms with Gasteiger partial charge < -0.3 is 18.8 Å². The van der Waals surface area contributed by atoms with E-state index in [4.69, 9.17) is 37.6 Å². The van der Waals surface area contributed by atoms with E-state index in [1.54, 1.807) is 25.1 Å². The number of fused-ring (bicyclic) bond motifs is 1. The maximum Gasteiger partial charge on any atom is 0.417 e. The first-order valence-corrected chi connectivity index (χ1v) is 9.58. The number of hydrogen-bond donors (Lipinski definition) is 1. The Balaban J connectivity index is 1.66. The largest absolute Gasteiger partial charge is 0.488 e. The van der Waals surface area contributed by atoms with Gasteiger partial charge in [-0.3, -0.25) is 0 Å². The molecule has 0 saturated heterocycles. The topological polar surface area (TPSA) is 85.7 Å². The van der Waals surface area contributed by atoms with Crippen molar-refractivity contribution in [2.75, 3.05) is 6.61 Å². The molecule has 0 aliphatic rings. The number of aliphatic hydroxyl groups is 1. The maximum absolute atomic E-state index is 13.0. The SMILES string of the molecule is CC(CO)Oc1ccc(-c2noc(-c3cn4cc(C(F)(F)F)cc(Cl)c4n3)n2)c(Cl)c1. The highest BCUT2D eigenvalue weighted by molar-refractivity contribution is 6.33. The lowest BCUT2D eigenvalue weighted by Crippen LogP contribution is -2.16. The van der Waals surface area contributed by atoms with Crippen LogP contribution in [0.3, 0.4) is 0 Å². The molecule has 0 fully saturated rings. The van der Waals surface area contributed by atoms with Gasteiger partial charge >= 0.3 is 6.18 Å². The molecule has 162 valence electrons. The Morgan fingerprint density at radius 1 is 1.16 bits per heavy atom. The number of pyridine rings is 1. The fourth-order valence-electron chi connectivity index (χ4n) is 2.77. The molecule has 0 aliphatic carbocycles. The molecule has 12 heteroatoms. The Kier molecular flexibility index (Phi) is 5.54. The van der Waals surface area contributed by atoms with Gasteiger partial charge in [-0.15, -0.1) is 0 Å². The number of alkyl halides is 3. The summed E-state index contributed by atoms with van der Waals surface area (Å²) in [5.74, 6) is 0.587. The van der Waals surface area contributed by atoms with E-state index in [1.807, 2.05) is 0 Å². The van der Waals surface area contributed by atoms with Crippen LogP contribution in [-0.4, -0.2) is 37.3 Å². The molecule has 1 unspecified atom stereocenters. The van der Waals surface area contributed by atoms with Crippen LogP contribution in [0.25, 0.3) is 28.6 Å². The zero-order chi connectivity index (χ0) is 22.3. The van der Waals surface area contributed by atoms with E-state index in [9.17, 15) is 13.2 Å². The molecule has 1 atom stereocenters. The number of imidazole rings is 1. The Morgan fingerprint density at radius 3 is 2.61 bits per heavy atom. The van der Waals surface area contributed by atoms with Gasteiger partial charge in [-0.05, 0) is 31.2 Å². The van der Waals surface area contributed by atoms with Crippen molar-refractivity contribution in [3.8, 4) is 28.7 Å². The van der Waals surface area contributed by atoms with E-state index in [2.05, 4.69) is 15.1 Å². The van der Waals surface area contributed by atoms with Crippen LogP contribution in [-0.2, 0) is 6.18 Å². The average Bonchev–Trinajstić information content (AvgIpc) is 3.34. The van der Waals surface area contributed by atoms with Gasteiger partial charge in [-0.1, -0.05) is 28.4 Å². The van der Waals surface area contributed by atoms with Crippen molar-refractivity contribution in [2.45, 2.75) is 19.2 Å². The first-order chi connectivity index (χ1) is 14.7. The number of nitrogens with zero attached hydrogens (tertiary/aromatic N) is 4. The van der Waals surface area contributed by atoms with Gasteiger partial charge in [0.15, 0.2) is 5.65 Å². The highest BCUT2D eigenvalue weighted by Crippen LogP contribution is 2.34. The summed E-state index contributed by atoms with van der Waals surface area (Å²) in [7, 11) is 0. The molecule has 0 aliphatic heterocycles. The number of rotatable bonds is 5. The fraction of sp³-hybridized carbons (Fsp3) is 0.211. The van der Waals surface area contributed by atoms with E-state index in [0.29, 0.717) is 11.3 Å². The lowest BCUT2D eigenvalue weighted by molar-refractivity contribution is -0.137. The lowest BCUT2D eigenvalue weighted by atomic mass is 10.2. The van der Waals surface area contributed by atoms with E-state index in [-0.39, 0.29) is 39.7 Å². The van der Waals surface area contributed by atoms with Crippen molar-refractivity contribution < 1.29 is 27.5 Å². The summed E-state index contributed by atoms with van der Waals surface area (Å²) in [5.41, 5.74) is -0.207. The predicted molar refractivity (Wildman–Crippen MR) is 106 cm³/mol. The van der Waals surface area contributed by atoms with Crippen LogP contribution in [0.15, 0.2) is 41.2 Å². The lowest BCUT2D eigenvalue weighted by Gasteiger charge is -2.12. The minimum atomic E-state index is -4.55. The molecule has 1 N–H and O–H groups in total. The van der Waals surface area contributed by atoms with Crippen molar-refractivity contribution in [1.82, 2.24) is 19.5 Å². The molecule has 31 heavy (non-hydrogen) atoms. The molecule has 0 radical (unpaired) electrons. The second kappa shape index (κ2) is 8.03. The number of aliphatic hydroxyl groups excluding tert-OH is 1. The van der Waals surface area contributed by atoms with Gasteiger partial charge in [0.25, 0.3) is 5.89 Å². The van der Waals surface area contributed by atoms with Crippen LogP contribution in [0.2, 0.25) is 10.0 Å². The standard InChI is InChI=1S/C19H13Cl2F3N4O3/c1-9(8-29)30-11-2-3-12(13(20)5-11)16-26-18(31-27-16)15-7-28-6-10(19(22,23)24)4-14(21)17(28)25-15/h2-7,9,29H,8H2,1H3. The van der Waals surface area contributed by atoms with Crippen LogP contribution in [0, 0.1) is 0 Å². The molecule has 1 aromatic carbocycles. The first kappa shape index (κ1) is 21.4. The van der Waals surface area contributed by atoms with Gasteiger partial charge in [0, 0.05) is 18.0 Å². The van der Waals surface area contributed by atoms with E-state index in [0.717, 1.165) is 16.7 Å². The first-order valence-electron chi connectivity index (χ1n) is 8.82. The highest BCUT2D eigenvalue weighted by atomic mass is 35.5. The maximum atomic E-state index is 13.0. The second-order valence-corrected chi connectivity index (χ2v) is 7.42. The molecule has 0 amide bonds. The normalized spacial score (nSPS) is 13.0. The molecule has 0 spiro atoms. The molecule has 4 aromatic rings. The summed E-state index contributed by atoms with van der Waals surface area (Å²) in [6.07, 6.45) is -2.78. The quantitative estimate of drug-likeness (QED) is 0.432. The number of hydrogen-bond acceptors (Lipinski definition) is 6. The number of benzene rings is 1. The Bertz CT molecular complexity index is 1260. The van der Waals surface area contributed by atoms with Gasteiger partial charge in [0.05, 0.1) is 22.2 Å². The van der Waals surface area contributed by atoms with Crippen LogP contribution in [0.1, 0.15) is 12.5 Å². The minimum Gasteiger partial charge on any atom is -0.488 e. The third-order valence-electron chi connectivity index (χ3n) is 4.25. The molecule has 3 aromatic heterocycles. The van der Waals surface area contributed by atoms with E-state index >= 15 is 0 Å². The van der Waals surface area contributed by atoms with Crippen LogP contribution >= 0.6 is 23.2 Å². The van der Waals surface area contributed by atoms with Crippen molar-refractivity contribution in [3.05, 3.63) is 52.3 Å². The zero-order valence-corrected chi connectivity index (χ0v) is 17.2. The Hall–Kier alpha value is -2.82. The smallest absolute Gasteiger partial charge is 0.417 e. The van der Waals surface area contributed by atoms with Gasteiger partial charge in [0.1, 0.15) is 17.5 Å². The number of halogens is 5. The molecule has 4 rings (SSSR count). The minimum absolute atomic E-state index is 0.0198.